The van der Waals surface area contributed by atoms with Gasteiger partial charge in [0, 0.05) is 0 Å². The van der Waals surface area contributed by atoms with Crippen molar-refractivity contribution in [1.29, 1.82) is 0 Å². The summed E-state index contributed by atoms with van der Waals surface area (Å²) in [7, 11) is 0. The molecule has 1 aliphatic heterocycles. The molecule has 1 aliphatic rings. The predicted molar refractivity (Wildman–Crippen MR) is 32.4 cm³/mol. The van der Waals surface area contributed by atoms with E-state index < -0.39 is 0 Å². The van der Waals surface area contributed by atoms with Crippen LogP contribution in [0.15, 0.2) is 0 Å². The van der Waals surface area contributed by atoms with Crippen molar-refractivity contribution >= 4 is 0 Å². The molecule has 0 aromatic rings. The van der Waals surface area contributed by atoms with Gasteiger partial charge in [-0.3, -0.25) is 0 Å². The van der Waals surface area contributed by atoms with E-state index in [0.29, 0.717) is 0 Å². The van der Waals surface area contributed by atoms with Crippen LogP contribution in [0.1, 0.15) is 0 Å². The van der Waals surface area contributed by atoms with Crippen molar-refractivity contribution in [2.24, 2.45) is 0 Å². The number of hydrogen-bond acceptors (Lipinski definition) is 1. The summed E-state index contributed by atoms with van der Waals surface area (Å²) < 4.78 is 0. The Labute approximate surface area is 76.7 Å². The fourth-order valence-corrected chi connectivity index (χ4v) is 0.553. The monoisotopic (exact) mass is 189 g/mol. The zero-order valence-electron chi connectivity index (χ0n) is 5.35. The molecular formula is C5H12N2Y+. The molecule has 1 heterocycles. The molecule has 1 saturated heterocycles. The molecule has 0 aromatic carbocycles. The van der Waals surface area contributed by atoms with Crippen LogP contribution in [0.25, 0.3) is 5.32 Å². The summed E-state index contributed by atoms with van der Waals surface area (Å²) in [5.74, 6) is 0. The van der Waals surface area contributed by atoms with Crippen LogP contribution in [0.5, 0.6) is 0 Å². The van der Waals surface area contributed by atoms with E-state index in [1.807, 2.05) is 0 Å². The molecule has 0 bridgehead atoms. The Morgan fingerprint density at radius 2 is 1.62 bits per heavy atom. The number of piperazine rings is 1. The van der Waals surface area contributed by atoms with Crippen molar-refractivity contribution < 1.29 is 32.7 Å². The van der Waals surface area contributed by atoms with Gasteiger partial charge in [-0.25, -0.2) is 0 Å². The Morgan fingerprint density at radius 3 is 1.75 bits per heavy atom. The first-order valence-corrected chi connectivity index (χ1v) is 2.34. The third-order valence-electron chi connectivity index (χ3n) is 0.893. The normalized spacial score (nSPS) is 18.0. The zero-order valence-corrected chi connectivity index (χ0v) is 8.19. The van der Waals surface area contributed by atoms with Gasteiger partial charge in [-0.15, -0.1) is 13.1 Å². The molecule has 1 fully saturated rings. The maximum atomic E-state index is 4.11. The summed E-state index contributed by atoms with van der Waals surface area (Å²) >= 11 is 0. The minimum absolute atomic E-state index is 0. The van der Waals surface area contributed by atoms with Crippen LogP contribution >= 0.6 is 0 Å². The average Bonchev–Trinajstić information content (AvgIpc) is 1.72. The molecular weight excluding hydrogens is 177 g/mol. The van der Waals surface area contributed by atoms with Gasteiger partial charge in [0.2, 0.25) is 0 Å². The molecule has 0 aromatic heterocycles. The second-order valence-corrected chi connectivity index (χ2v) is 1.42. The quantitative estimate of drug-likeness (QED) is 0.549. The van der Waals surface area contributed by atoms with Crippen LogP contribution in [0, 0.1) is 7.43 Å². The molecule has 1 N–H and O–H groups in total. The van der Waals surface area contributed by atoms with Crippen LogP contribution in [0.4, 0.5) is 0 Å². The molecule has 0 radical (unpaired) electrons. The van der Waals surface area contributed by atoms with Crippen molar-refractivity contribution in [3.05, 3.63) is 12.7 Å². The molecule has 3 heteroatoms. The van der Waals surface area contributed by atoms with Gasteiger partial charge in [0.05, 0.1) is 0 Å². The molecule has 1 rings (SSSR count). The van der Waals surface area contributed by atoms with Crippen molar-refractivity contribution in [1.82, 2.24) is 5.32 Å². The van der Waals surface area contributed by atoms with E-state index in [1.165, 1.54) is 0 Å². The Morgan fingerprint density at radius 1 is 1.12 bits per heavy atom. The van der Waals surface area contributed by atoms with Gasteiger partial charge in [0.25, 0.3) is 0 Å². The summed E-state index contributed by atoms with van der Waals surface area (Å²) in [5, 5.41) is 7.31. The van der Waals surface area contributed by atoms with Crippen molar-refractivity contribution in [3.8, 4) is 0 Å². The van der Waals surface area contributed by atoms with Crippen molar-refractivity contribution in [2.45, 2.75) is 0 Å². The number of hydrogen-bond donors (Lipinski definition) is 1. The molecule has 0 spiro atoms. The number of nitrogens with one attached hydrogen (secondary N) is 1. The molecule has 2 nitrogen and oxygen atoms in total. The minimum atomic E-state index is 0. The van der Waals surface area contributed by atoms with Gasteiger partial charge in [-0.1, -0.05) is 0 Å². The maximum absolute atomic E-state index is 4.11. The summed E-state index contributed by atoms with van der Waals surface area (Å²) in [6, 6.07) is 0. The SMILES string of the molecule is C1CNCC[N-]1.[CH3-].[Y+3]. The second kappa shape index (κ2) is 8.02. The molecule has 0 saturated carbocycles. The largest absolute Gasteiger partial charge is 3.00 e. The fraction of sp³-hybridized carbons (Fsp3) is 0.800. The van der Waals surface area contributed by atoms with Gasteiger partial charge in [0.1, 0.15) is 0 Å². The molecule has 8 heavy (non-hydrogen) atoms. The van der Waals surface area contributed by atoms with Gasteiger partial charge >= 0.3 is 32.7 Å². The minimum Gasteiger partial charge on any atom is -0.660 e. The number of nitrogens with zero attached hydrogens (tertiary/aromatic N) is 1. The second-order valence-electron chi connectivity index (χ2n) is 1.42. The van der Waals surface area contributed by atoms with Gasteiger partial charge in [-0.05, 0) is 13.1 Å². The topological polar surface area (TPSA) is 26.1 Å². The van der Waals surface area contributed by atoms with E-state index in [1.54, 1.807) is 0 Å². The third kappa shape index (κ3) is 5.17. The maximum Gasteiger partial charge on any atom is 3.00 e. The molecule has 0 atom stereocenters. The first-order chi connectivity index (χ1) is 3.00. The molecule has 0 amide bonds. The standard InChI is InChI=1S/C4H9N2.CH3.Y/c1-2-6-4-3-5-1;;/h5H,1-4H2;1H3;/q2*-1;+3. The van der Waals surface area contributed by atoms with Gasteiger partial charge in [-0.2, -0.15) is 0 Å². The molecule has 0 aliphatic carbocycles. The van der Waals surface area contributed by atoms with E-state index in [4.69, 9.17) is 0 Å². The summed E-state index contributed by atoms with van der Waals surface area (Å²) in [6.45, 7) is 4.19. The first-order valence-electron chi connectivity index (χ1n) is 2.34. The predicted octanol–water partition coefficient (Wildman–Crippen LogP) is 0.411. The van der Waals surface area contributed by atoms with Crippen LogP contribution in [0.3, 0.4) is 0 Å². The summed E-state index contributed by atoms with van der Waals surface area (Å²) in [6.07, 6.45) is 0. The van der Waals surface area contributed by atoms with Crippen LogP contribution in [0.2, 0.25) is 0 Å². The zero-order chi connectivity index (χ0) is 4.24. The Bertz CT molecular complexity index is 25.9. The van der Waals surface area contributed by atoms with Crippen LogP contribution in [-0.2, 0) is 32.7 Å². The van der Waals surface area contributed by atoms with E-state index >= 15 is 0 Å². The van der Waals surface area contributed by atoms with Gasteiger partial charge in [0.15, 0.2) is 0 Å². The van der Waals surface area contributed by atoms with Crippen LogP contribution in [-0.4, -0.2) is 26.2 Å². The Kier molecular flexibility index (Phi) is 11.8. The van der Waals surface area contributed by atoms with E-state index in [0.717, 1.165) is 26.2 Å². The summed E-state index contributed by atoms with van der Waals surface area (Å²) in [4.78, 5) is 0. The smallest absolute Gasteiger partial charge is 0.660 e. The third-order valence-corrected chi connectivity index (χ3v) is 0.893. The Balaban J connectivity index is 0. The van der Waals surface area contributed by atoms with Gasteiger partial charge < -0.3 is 18.1 Å². The number of rotatable bonds is 0. The average molecular weight is 189 g/mol. The Hall–Kier alpha value is 1.02. The fourth-order valence-electron chi connectivity index (χ4n) is 0.553. The van der Waals surface area contributed by atoms with Crippen LogP contribution < -0.4 is 5.32 Å². The van der Waals surface area contributed by atoms with E-state index in [-0.39, 0.29) is 40.1 Å². The first kappa shape index (κ1) is 11.8. The van der Waals surface area contributed by atoms with Crippen molar-refractivity contribution in [2.75, 3.05) is 26.2 Å². The molecule has 0 unspecified atom stereocenters. The van der Waals surface area contributed by atoms with Crippen molar-refractivity contribution in [3.63, 3.8) is 0 Å². The van der Waals surface area contributed by atoms with E-state index in [2.05, 4.69) is 10.6 Å². The summed E-state index contributed by atoms with van der Waals surface area (Å²) in [5.41, 5.74) is 0. The van der Waals surface area contributed by atoms with E-state index in [9.17, 15) is 0 Å². The molecule has 44 valence electrons.